The molecule has 2 aliphatic rings. The molecule has 70 valence electrons. The Morgan fingerprint density at radius 2 is 2.25 bits per heavy atom. The van der Waals surface area contributed by atoms with E-state index in [0.717, 1.165) is 25.2 Å². The third-order valence-corrected chi connectivity index (χ3v) is 3.19. The highest BCUT2D eigenvalue weighted by Crippen LogP contribution is 2.23. The van der Waals surface area contributed by atoms with E-state index in [1.54, 1.807) is 0 Å². The summed E-state index contributed by atoms with van der Waals surface area (Å²) < 4.78 is 0. The Morgan fingerprint density at radius 1 is 1.42 bits per heavy atom. The van der Waals surface area contributed by atoms with Crippen molar-refractivity contribution >= 4 is 0 Å². The molecule has 0 saturated carbocycles. The molecular weight excluding hydrogens is 150 g/mol. The summed E-state index contributed by atoms with van der Waals surface area (Å²) in [6.45, 7) is 8.04. The summed E-state index contributed by atoms with van der Waals surface area (Å²) >= 11 is 0. The third-order valence-electron chi connectivity index (χ3n) is 3.19. The van der Waals surface area contributed by atoms with Crippen molar-refractivity contribution in [1.82, 2.24) is 9.80 Å². The van der Waals surface area contributed by atoms with Gasteiger partial charge in [0.05, 0.1) is 0 Å². The zero-order chi connectivity index (χ0) is 8.55. The van der Waals surface area contributed by atoms with E-state index < -0.39 is 0 Å². The Bertz CT molecular complexity index is 160. The number of hydrogen-bond donors (Lipinski definition) is 1. The van der Waals surface area contributed by atoms with E-state index in [-0.39, 0.29) is 0 Å². The van der Waals surface area contributed by atoms with Crippen molar-refractivity contribution in [2.24, 2.45) is 5.73 Å². The van der Waals surface area contributed by atoms with Crippen LogP contribution in [-0.4, -0.2) is 54.6 Å². The molecular formula is C9H19N3. The zero-order valence-electron chi connectivity index (χ0n) is 7.87. The second-order valence-corrected chi connectivity index (χ2v) is 4.08. The molecule has 2 bridgehead atoms. The molecule has 0 aromatic rings. The molecule has 0 aliphatic carbocycles. The van der Waals surface area contributed by atoms with Crippen LogP contribution in [0.3, 0.4) is 0 Å². The predicted molar refractivity (Wildman–Crippen MR) is 50.1 cm³/mol. The maximum atomic E-state index is 5.60. The van der Waals surface area contributed by atoms with Crippen molar-refractivity contribution in [2.75, 3.05) is 32.7 Å². The third kappa shape index (κ3) is 1.37. The van der Waals surface area contributed by atoms with Gasteiger partial charge in [-0.3, -0.25) is 4.90 Å². The molecule has 3 atom stereocenters. The van der Waals surface area contributed by atoms with Gasteiger partial charge in [0, 0.05) is 38.3 Å². The van der Waals surface area contributed by atoms with Crippen LogP contribution >= 0.6 is 0 Å². The number of nitrogens with zero attached hydrogens (tertiary/aromatic N) is 2. The quantitative estimate of drug-likeness (QED) is 0.617. The van der Waals surface area contributed by atoms with Crippen LogP contribution in [0.4, 0.5) is 0 Å². The molecule has 2 aliphatic heterocycles. The van der Waals surface area contributed by atoms with Gasteiger partial charge in [-0.25, -0.2) is 0 Å². The van der Waals surface area contributed by atoms with Gasteiger partial charge in [-0.2, -0.15) is 0 Å². The van der Waals surface area contributed by atoms with Gasteiger partial charge in [0.25, 0.3) is 0 Å². The van der Waals surface area contributed by atoms with E-state index in [4.69, 9.17) is 5.73 Å². The Labute approximate surface area is 74.5 Å². The molecule has 0 aromatic carbocycles. The van der Waals surface area contributed by atoms with E-state index >= 15 is 0 Å². The first kappa shape index (κ1) is 8.48. The Kier molecular flexibility index (Phi) is 2.35. The summed E-state index contributed by atoms with van der Waals surface area (Å²) in [7, 11) is 0. The Morgan fingerprint density at radius 3 is 3.00 bits per heavy atom. The van der Waals surface area contributed by atoms with Crippen LogP contribution in [0.5, 0.6) is 0 Å². The lowest BCUT2D eigenvalue weighted by molar-refractivity contribution is 0.0854. The second kappa shape index (κ2) is 3.32. The summed E-state index contributed by atoms with van der Waals surface area (Å²) in [5.41, 5.74) is 5.60. The molecule has 3 heteroatoms. The average Bonchev–Trinajstić information content (AvgIpc) is 2.43. The van der Waals surface area contributed by atoms with Gasteiger partial charge in [0.15, 0.2) is 0 Å². The van der Waals surface area contributed by atoms with Gasteiger partial charge in [0.1, 0.15) is 0 Å². The highest BCUT2D eigenvalue weighted by Gasteiger charge is 2.35. The molecule has 0 spiro atoms. The molecule has 0 radical (unpaired) electrons. The highest BCUT2D eigenvalue weighted by molar-refractivity contribution is 4.92. The van der Waals surface area contributed by atoms with Gasteiger partial charge in [-0.15, -0.1) is 0 Å². The summed E-state index contributed by atoms with van der Waals surface area (Å²) in [6, 6.07) is 1.52. The first-order valence-electron chi connectivity index (χ1n) is 4.99. The van der Waals surface area contributed by atoms with E-state index in [2.05, 4.69) is 16.7 Å². The van der Waals surface area contributed by atoms with Crippen LogP contribution in [0, 0.1) is 0 Å². The van der Waals surface area contributed by atoms with Gasteiger partial charge >= 0.3 is 0 Å². The van der Waals surface area contributed by atoms with Crippen LogP contribution in [-0.2, 0) is 0 Å². The van der Waals surface area contributed by atoms with Gasteiger partial charge in [0.2, 0.25) is 0 Å². The molecule has 3 nitrogen and oxygen atoms in total. The van der Waals surface area contributed by atoms with Crippen LogP contribution in [0.2, 0.25) is 0 Å². The smallest absolute Gasteiger partial charge is 0.0239 e. The van der Waals surface area contributed by atoms with Crippen molar-refractivity contribution in [2.45, 2.75) is 25.4 Å². The van der Waals surface area contributed by atoms with Gasteiger partial charge < -0.3 is 10.6 Å². The van der Waals surface area contributed by atoms with Crippen LogP contribution < -0.4 is 5.73 Å². The standard InChI is InChI=1S/C9H19N3/c1-8-6-11-4-2-9(7-11)12(8)5-3-10/h8-9H,2-7,10H2,1H3. The average molecular weight is 169 g/mol. The maximum absolute atomic E-state index is 5.60. The highest BCUT2D eigenvalue weighted by atomic mass is 15.3. The number of hydrogen-bond acceptors (Lipinski definition) is 3. The van der Waals surface area contributed by atoms with Crippen molar-refractivity contribution in [3.63, 3.8) is 0 Å². The summed E-state index contributed by atoms with van der Waals surface area (Å²) in [5.74, 6) is 0. The first-order valence-corrected chi connectivity index (χ1v) is 4.99. The summed E-state index contributed by atoms with van der Waals surface area (Å²) in [5, 5.41) is 0. The molecule has 2 N–H and O–H groups in total. The second-order valence-electron chi connectivity index (χ2n) is 4.08. The Hall–Kier alpha value is -0.120. The molecule has 2 fully saturated rings. The largest absolute Gasteiger partial charge is 0.329 e. The molecule has 2 heterocycles. The van der Waals surface area contributed by atoms with E-state index in [0.29, 0.717) is 0 Å². The lowest BCUT2D eigenvalue weighted by atomic mass is 10.1. The number of rotatable bonds is 2. The fourth-order valence-electron chi connectivity index (χ4n) is 2.64. The van der Waals surface area contributed by atoms with Crippen molar-refractivity contribution in [1.29, 1.82) is 0 Å². The minimum atomic E-state index is 0.717. The normalized spacial score (nSPS) is 42.0. The molecule has 2 saturated heterocycles. The molecule has 12 heavy (non-hydrogen) atoms. The topological polar surface area (TPSA) is 32.5 Å². The lowest BCUT2D eigenvalue weighted by Gasteiger charge is -2.39. The first-order chi connectivity index (χ1) is 5.81. The number of fused-ring (bicyclic) bond motifs is 2. The van der Waals surface area contributed by atoms with Gasteiger partial charge in [-0.05, 0) is 19.9 Å². The maximum Gasteiger partial charge on any atom is 0.0239 e. The zero-order valence-corrected chi connectivity index (χ0v) is 7.87. The fourth-order valence-corrected chi connectivity index (χ4v) is 2.64. The van der Waals surface area contributed by atoms with Crippen molar-refractivity contribution in [3.8, 4) is 0 Å². The van der Waals surface area contributed by atoms with E-state index in [9.17, 15) is 0 Å². The van der Waals surface area contributed by atoms with Crippen LogP contribution in [0.1, 0.15) is 13.3 Å². The van der Waals surface area contributed by atoms with Crippen LogP contribution in [0.15, 0.2) is 0 Å². The fraction of sp³-hybridized carbons (Fsp3) is 1.00. The molecule has 3 unspecified atom stereocenters. The Balaban J connectivity index is 2.00. The molecule has 0 amide bonds. The SMILES string of the molecule is CC1CN2CCC(C2)N1CCN. The number of nitrogens with two attached hydrogens (primary N) is 1. The summed E-state index contributed by atoms with van der Waals surface area (Å²) in [6.07, 6.45) is 1.35. The monoisotopic (exact) mass is 169 g/mol. The minimum Gasteiger partial charge on any atom is -0.329 e. The lowest BCUT2D eigenvalue weighted by Crippen LogP contribution is -2.53. The minimum absolute atomic E-state index is 0.717. The number of piperazine rings is 1. The summed E-state index contributed by atoms with van der Waals surface area (Å²) in [4.78, 5) is 5.16. The van der Waals surface area contributed by atoms with E-state index in [1.807, 2.05) is 0 Å². The molecule has 2 rings (SSSR count). The van der Waals surface area contributed by atoms with Gasteiger partial charge in [-0.1, -0.05) is 0 Å². The van der Waals surface area contributed by atoms with Crippen molar-refractivity contribution in [3.05, 3.63) is 0 Å². The van der Waals surface area contributed by atoms with Crippen molar-refractivity contribution < 1.29 is 0 Å². The van der Waals surface area contributed by atoms with Crippen LogP contribution in [0.25, 0.3) is 0 Å². The van der Waals surface area contributed by atoms with E-state index in [1.165, 1.54) is 26.1 Å². The predicted octanol–water partition coefficient (Wildman–Crippen LogP) is -0.276. The molecule has 0 aromatic heterocycles.